The van der Waals surface area contributed by atoms with E-state index < -0.39 is 20.6 Å². The average molecular weight is 314 g/mol. The molecule has 5 nitrogen and oxygen atoms in total. The van der Waals surface area contributed by atoms with E-state index >= 15 is 0 Å². The minimum absolute atomic E-state index is 0.0162. The number of hydrogen-bond donors (Lipinski definition) is 1. The maximum atomic E-state index is 12.0. The van der Waals surface area contributed by atoms with Crippen LogP contribution in [0.2, 0.25) is 0 Å². The van der Waals surface area contributed by atoms with Crippen LogP contribution in [0.25, 0.3) is 0 Å². The second-order valence-corrected chi connectivity index (χ2v) is 8.11. The highest BCUT2D eigenvalue weighted by molar-refractivity contribution is 7.91. The summed E-state index contributed by atoms with van der Waals surface area (Å²) in [6, 6.07) is 7.82. The normalized spacial score (nSPS) is 12.8. The van der Waals surface area contributed by atoms with Gasteiger partial charge in [-0.25, -0.2) is 8.42 Å². The molecule has 1 N–H and O–H groups in total. The zero-order valence-electron chi connectivity index (χ0n) is 11.3. The molecule has 0 aliphatic rings. The van der Waals surface area contributed by atoms with Gasteiger partial charge in [0, 0.05) is 35.4 Å². The van der Waals surface area contributed by atoms with Crippen molar-refractivity contribution >= 4 is 20.6 Å². The van der Waals surface area contributed by atoms with Gasteiger partial charge in [-0.2, -0.15) is 5.26 Å². The van der Waals surface area contributed by atoms with E-state index in [4.69, 9.17) is 5.26 Å². The summed E-state index contributed by atoms with van der Waals surface area (Å²) in [6.45, 7) is 2.72. The van der Waals surface area contributed by atoms with Gasteiger partial charge >= 0.3 is 0 Å². The summed E-state index contributed by atoms with van der Waals surface area (Å²) >= 11 is 0. The maximum Gasteiger partial charge on any atom is 0.179 e. The van der Waals surface area contributed by atoms with Crippen molar-refractivity contribution in [1.82, 2.24) is 5.32 Å². The Hall–Kier alpha value is -1.23. The zero-order chi connectivity index (χ0) is 15.0. The lowest BCUT2D eigenvalue weighted by Gasteiger charge is -2.06. The monoisotopic (exact) mass is 314 g/mol. The molecule has 0 aliphatic heterocycles. The lowest BCUT2D eigenvalue weighted by Crippen LogP contribution is -2.27. The Labute approximate surface area is 122 Å². The molecule has 0 spiro atoms. The largest absolute Gasteiger partial charge is 0.315 e. The van der Waals surface area contributed by atoms with E-state index in [0.29, 0.717) is 30.2 Å². The number of sulfone groups is 1. The topological polar surface area (TPSA) is 87.0 Å². The van der Waals surface area contributed by atoms with Crippen molar-refractivity contribution in [3.8, 4) is 6.07 Å². The van der Waals surface area contributed by atoms with Crippen LogP contribution in [0.15, 0.2) is 29.2 Å². The molecule has 1 aromatic rings. The van der Waals surface area contributed by atoms with Crippen molar-refractivity contribution in [2.75, 3.05) is 30.3 Å². The molecule has 0 aliphatic carbocycles. The van der Waals surface area contributed by atoms with Gasteiger partial charge in [0.2, 0.25) is 0 Å². The van der Waals surface area contributed by atoms with Crippen LogP contribution in [0.4, 0.5) is 0 Å². The standard InChI is InChI=1S/C13H18N2O3S2/c1-2-19(16)9-7-15-8-10-20(17,18)13-5-3-12(11-14)4-6-13/h3-6,15H,2,7-10H2,1H3. The van der Waals surface area contributed by atoms with Gasteiger partial charge in [-0.3, -0.25) is 4.21 Å². The number of rotatable bonds is 8. The highest BCUT2D eigenvalue weighted by Gasteiger charge is 2.13. The number of nitrogens with one attached hydrogen (secondary N) is 1. The van der Waals surface area contributed by atoms with Gasteiger partial charge in [0.05, 0.1) is 22.3 Å². The van der Waals surface area contributed by atoms with E-state index in [9.17, 15) is 12.6 Å². The van der Waals surface area contributed by atoms with E-state index in [2.05, 4.69) is 5.32 Å². The summed E-state index contributed by atoms with van der Waals surface area (Å²) in [5.41, 5.74) is 0.434. The van der Waals surface area contributed by atoms with Crippen LogP contribution in [-0.2, 0) is 20.6 Å². The van der Waals surface area contributed by atoms with Crippen LogP contribution < -0.4 is 5.32 Å². The average Bonchev–Trinajstić information content (AvgIpc) is 2.46. The summed E-state index contributed by atoms with van der Waals surface area (Å²) in [4.78, 5) is 0.218. The fraction of sp³-hybridized carbons (Fsp3) is 0.462. The lowest BCUT2D eigenvalue weighted by atomic mass is 10.2. The maximum absolute atomic E-state index is 12.0. The van der Waals surface area contributed by atoms with E-state index in [1.165, 1.54) is 24.3 Å². The SMILES string of the molecule is CCS(=O)CCNCCS(=O)(=O)c1ccc(C#N)cc1. The molecule has 0 saturated heterocycles. The number of hydrogen-bond acceptors (Lipinski definition) is 5. The first-order valence-electron chi connectivity index (χ1n) is 6.28. The number of benzene rings is 1. The first-order valence-corrected chi connectivity index (χ1v) is 9.42. The third-order valence-electron chi connectivity index (χ3n) is 2.72. The summed E-state index contributed by atoms with van der Waals surface area (Å²) in [5, 5.41) is 11.6. The Morgan fingerprint density at radius 2 is 1.90 bits per heavy atom. The first-order chi connectivity index (χ1) is 9.49. The molecule has 1 unspecified atom stereocenters. The third-order valence-corrected chi connectivity index (χ3v) is 5.75. The quantitative estimate of drug-likeness (QED) is 0.713. The van der Waals surface area contributed by atoms with Gasteiger partial charge in [-0.15, -0.1) is 0 Å². The van der Waals surface area contributed by atoms with Crippen LogP contribution in [0.5, 0.6) is 0 Å². The van der Waals surface area contributed by atoms with Crippen LogP contribution >= 0.6 is 0 Å². The molecule has 1 rings (SSSR count). The van der Waals surface area contributed by atoms with Crippen LogP contribution in [-0.4, -0.2) is 43.0 Å². The van der Waals surface area contributed by atoms with E-state index in [0.717, 1.165) is 0 Å². The van der Waals surface area contributed by atoms with Gasteiger partial charge in [0.25, 0.3) is 0 Å². The second kappa shape index (κ2) is 8.15. The Morgan fingerprint density at radius 3 is 2.45 bits per heavy atom. The number of nitrogens with zero attached hydrogens (tertiary/aromatic N) is 1. The van der Waals surface area contributed by atoms with Gasteiger partial charge in [-0.05, 0) is 24.3 Å². The van der Waals surface area contributed by atoms with Crippen molar-refractivity contribution in [3.63, 3.8) is 0 Å². The van der Waals surface area contributed by atoms with Gasteiger partial charge in [0.15, 0.2) is 9.84 Å². The molecule has 0 fully saturated rings. The molecular weight excluding hydrogens is 296 g/mol. The zero-order valence-corrected chi connectivity index (χ0v) is 13.0. The first kappa shape index (κ1) is 16.8. The Morgan fingerprint density at radius 1 is 1.25 bits per heavy atom. The Balaban J connectivity index is 2.45. The predicted molar refractivity (Wildman–Crippen MR) is 79.6 cm³/mol. The van der Waals surface area contributed by atoms with Crippen molar-refractivity contribution in [2.45, 2.75) is 11.8 Å². The molecule has 0 heterocycles. The molecule has 20 heavy (non-hydrogen) atoms. The van der Waals surface area contributed by atoms with Crippen molar-refractivity contribution < 1.29 is 12.6 Å². The van der Waals surface area contributed by atoms with Gasteiger partial charge in [0.1, 0.15) is 0 Å². The summed E-state index contributed by atoms with van der Waals surface area (Å²) in [7, 11) is -4.17. The molecule has 0 amide bonds. The summed E-state index contributed by atoms with van der Waals surface area (Å²) in [5.74, 6) is 1.14. The summed E-state index contributed by atoms with van der Waals surface area (Å²) < 4.78 is 35.2. The number of nitriles is 1. The molecule has 0 aromatic heterocycles. The van der Waals surface area contributed by atoms with Crippen LogP contribution in [0.1, 0.15) is 12.5 Å². The lowest BCUT2D eigenvalue weighted by molar-refractivity contribution is 0.592. The molecule has 0 saturated carbocycles. The van der Waals surface area contributed by atoms with E-state index in [1.807, 2.05) is 13.0 Å². The molecular formula is C13H18N2O3S2. The Kier molecular flexibility index (Phi) is 6.85. The third kappa shape index (κ3) is 5.41. The van der Waals surface area contributed by atoms with Crippen molar-refractivity contribution in [3.05, 3.63) is 29.8 Å². The van der Waals surface area contributed by atoms with Crippen molar-refractivity contribution in [1.29, 1.82) is 5.26 Å². The summed E-state index contributed by atoms with van der Waals surface area (Å²) in [6.07, 6.45) is 0. The predicted octanol–water partition coefficient (Wildman–Crippen LogP) is 0.690. The fourth-order valence-corrected chi connectivity index (χ4v) is 3.38. The highest BCUT2D eigenvalue weighted by Crippen LogP contribution is 2.11. The van der Waals surface area contributed by atoms with Gasteiger partial charge < -0.3 is 5.32 Å². The van der Waals surface area contributed by atoms with Crippen LogP contribution in [0, 0.1) is 11.3 Å². The highest BCUT2D eigenvalue weighted by atomic mass is 32.2. The van der Waals surface area contributed by atoms with Crippen molar-refractivity contribution in [2.24, 2.45) is 0 Å². The molecule has 7 heteroatoms. The minimum Gasteiger partial charge on any atom is -0.315 e. The Bertz CT molecular complexity index is 589. The minimum atomic E-state index is -3.34. The fourth-order valence-electron chi connectivity index (χ4n) is 1.52. The molecule has 0 bridgehead atoms. The van der Waals surface area contributed by atoms with Gasteiger partial charge in [-0.1, -0.05) is 6.92 Å². The molecule has 1 atom stereocenters. The molecule has 0 radical (unpaired) electrons. The van der Waals surface area contributed by atoms with E-state index in [1.54, 1.807) is 0 Å². The van der Waals surface area contributed by atoms with E-state index in [-0.39, 0.29) is 10.6 Å². The molecule has 1 aromatic carbocycles. The second-order valence-electron chi connectivity index (χ2n) is 4.14. The molecule has 110 valence electrons. The smallest absolute Gasteiger partial charge is 0.179 e. The van der Waals surface area contributed by atoms with Crippen LogP contribution in [0.3, 0.4) is 0 Å².